The van der Waals surface area contributed by atoms with Gasteiger partial charge in [-0.05, 0) is 30.5 Å². The van der Waals surface area contributed by atoms with E-state index < -0.39 is 0 Å². The Morgan fingerprint density at radius 1 is 1.47 bits per heavy atom. The molecular formula is C13H17ClO3. The van der Waals surface area contributed by atoms with Gasteiger partial charge in [0, 0.05) is 11.4 Å². The summed E-state index contributed by atoms with van der Waals surface area (Å²) in [4.78, 5) is 11.4. The van der Waals surface area contributed by atoms with Crippen molar-refractivity contribution in [2.75, 3.05) is 6.61 Å². The maximum atomic E-state index is 11.4. The van der Waals surface area contributed by atoms with Gasteiger partial charge in [0.05, 0.1) is 6.61 Å². The second-order valence-corrected chi connectivity index (χ2v) is 4.26. The summed E-state index contributed by atoms with van der Waals surface area (Å²) in [6.07, 6.45) is 2.75. The van der Waals surface area contributed by atoms with Crippen LogP contribution in [0.5, 0.6) is 5.75 Å². The van der Waals surface area contributed by atoms with E-state index >= 15 is 0 Å². The molecule has 4 heteroatoms. The van der Waals surface area contributed by atoms with Crippen molar-refractivity contribution >= 4 is 17.6 Å². The number of carbonyl (C=O) groups excluding carboxylic acids is 1. The third kappa shape index (κ3) is 5.09. The molecule has 0 aliphatic heterocycles. The average Bonchev–Trinajstić information content (AvgIpc) is 2.28. The van der Waals surface area contributed by atoms with Gasteiger partial charge in [0.1, 0.15) is 5.75 Å². The first-order valence-electron chi connectivity index (χ1n) is 5.76. The SMILES string of the molecule is CCCCOC(=O)CCc1ccc(O)cc1Cl. The Morgan fingerprint density at radius 3 is 2.88 bits per heavy atom. The monoisotopic (exact) mass is 256 g/mol. The number of halogens is 1. The van der Waals surface area contributed by atoms with Crippen LogP contribution in [0.1, 0.15) is 31.7 Å². The number of esters is 1. The number of hydrogen-bond acceptors (Lipinski definition) is 3. The van der Waals surface area contributed by atoms with Gasteiger partial charge in [-0.2, -0.15) is 0 Å². The molecular weight excluding hydrogens is 240 g/mol. The molecule has 0 amide bonds. The third-order valence-corrected chi connectivity index (χ3v) is 2.75. The van der Waals surface area contributed by atoms with Gasteiger partial charge in [-0.3, -0.25) is 4.79 Å². The van der Waals surface area contributed by atoms with Gasteiger partial charge in [-0.15, -0.1) is 0 Å². The normalized spacial score (nSPS) is 10.2. The molecule has 0 spiro atoms. The number of rotatable bonds is 6. The predicted octanol–water partition coefficient (Wildman–Crippen LogP) is 3.32. The topological polar surface area (TPSA) is 46.5 Å². The summed E-state index contributed by atoms with van der Waals surface area (Å²) >= 11 is 5.93. The third-order valence-electron chi connectivity index (χ3n) is 2.40. The van der Waals surface area contributed by atoms with Crippen molar-refractivity contribution in [2.45, 2.75) is 32.6 Å². The van der Waals surface area contributed by atoms with Gasteiger partial charge in [0.25, 0.3) is 0 Å². The van der Waals surface area contributed by atoms with Crippen LogP contribution >= 0.6 is 11.6 Å². The lowest BCUT2D eigenvalue weighted by molar-refractivity contribution is -0.143. The maximum Gasteiger partial charge on any atom is 0.306 e. The van der Waals surface area contributed by atoms with Gasteiger partial charge in [-0.1, -0.05) is 31.0 Å². The summed E-state index contributed by atoms with van der Waals surface area (Å²) in [5.74, 6) is -0.0770. The fourth-order valence-electron chi connectivity index (χ4n) is 1.38. The maximum absolute atomic E-state index is 11.4. The molecule has 0 bridgehead atoms. The number of benzene rings is 1. The van der Waals surface area contributed by atoms with Gasteiger partial charge in [0.2, 0.25) is 0 Å². The lowest BCUT2D eigenvalue weighted by Gasteiger charge is -2.05. The van der Waals surface area contributed by atoms with Crippen LogP contribution in [-0.2, 0) is 16.0 Å². The van der Waals surface area contributed by atoms with Crippen LogP contribution in [-0.4, -0.2) is 17.7 Å². The van der Waals surface area contributed by atoms with E-state index in [1.807, 2.05) is 6.92 Å². The molecule has 1 aromatic rings. The van der Waals surface area contributed by atoms with Gasteiger partial charge < -0.3 is 9.84 Å². The number of phenols is 1. The minimum Gasteiger partial charge on any atom is -0.508 e. The highest BCUT2D eigenvalue weighted by Crippen LogP contribution is 2.22. The number of ether oxygens (including phenoxy) is 1. The van der Waals surface area contributed by atoms with Crippen LogP contribution in [0.2, 0.25) is 5.02 Å². The van der Waals surface area contributed by atoms with Crippen molar-refractivity contribution in [1.82, 2.24) is 0 Å². The van der Waals surface area contributed by atoms with Gasteiger partial charge >= 0.3 is 5.97 Å². The summed E-state index contributed by atoms with van der Waals surface area (Å²) in [7, 11) is 0. The van der Waals surface area contributed by atoms with Crippen molar-refractivity contribution in [1.29, 1.82) is 0 Å². The molecule has 0 aliphatic rings. The van der Waals surface area contributed by atoms with Crippen molar-refractivity contribution in [3.05, 3.63) is 28.8 Å². The molecule has 0 aliphatic carbocycles. The molecule has 0 saturated heterocycles. The van der Waals surface area contributed by atoms with Crippen LogP contribution in [0, 0.1) is 0 Å². The van der Waals surface area contributed by atoms with E-state index in [-0.39, 0.29) is 11.7 Å². The molecule has 0 unspecified atom stereocenters. The number of aryl methyl sites for hydroxylation is 1. The highest BCUT2D eigenvalue weighted by molar-refractivity contribution is 6.31. The number of aromatic hydroxyl groups is 1. The summed E-state index contributed by atoms with van der Waals surface area (Å²) in [5, 5.41) is 9.66. The van der Waals surface area contributed by atoms with Crippen LogP contribution < -0.4 is 0 Å². The predicted molar refractivity (Wildman–Crippen MR) is 67.3 cm³/mol. The standard InChI is InChI=1S/C13H17ClO3/c1-2-3-8-17-13(16)7-5-10-4-6-11(15)9-12(10)14/h4,6,9,15H,2-3,5,7-8H2,1H3. The highest BCUT2D eigenvalue weighted by atomic mass is 35.5. The summed E-state index contributed by atoms with van der Waals surface area (Å²) in [5.41, 5.74) is 0.844. The Morgan fingerprint density at radius 2 is 2.24 bits per heavy atom. The van der Waals surface area contributed by atoms with E-state index in [0.717, 1.165) is 18.4 Å². The zero-order chi connectivity index (χ0) is 12.7. The molecule has 94 valence electrons. The fourth-order valence-corrected chi connectivity index (χ4v) is 1.65. The Kier molecular flexibility index (Phi) is 5.84. The van der Waals surface area contributed by atoms with Gasteiger partial charge in [-0.25, -0.2) is 0 Å². The molecule has 3 nitrogen and oxygen atoms in total. The van der Waals surface area contributed by atoms with E-state index in [2.05, 4.69) is 0 Å². The lowest BCUT2D eigenvalue weighted by Crippen LogP contribution is -2.07. The van der Waals surface area contributed by atoms with Crippen molar-refractivity contribution < 1.29 is 14.6 Å². The van der Waals surface area contributed by atoms with E-state index in [1.54, 1.807) is 12.1 Å². The minimum atomic E-state index is -0.206. The largest absolute Gasteiger partial charge is 0.508 e. The first kappa shape index (κ1) is 13.8. The van der Waals surface area contributed by atoms with Crippen molar-refractivity contribution in [2.24, 2.45) is 0 Å². The summed E-state index contributed by atoms with van der Waals surface area (Å²) < 4.78 is 5.04. The van der Waals surface area contributed by atoms with Crippen LogP contribution in [0.3, 0.4) is 0 Å². The second-order valence-electron chi connectivity index (χ2n) is 3.85. The van der Waals surface area contributed by atoms with Crippen LogP contribution in [0.4, 0.5) is 0 Å². The lowest BCUT2D eigenvalue weighted by atomic mass is 10.1. The molecule has 1 N–H and O–H groups in total. The molecule has 17 heavy (non-hydrogen) atoms. The van der Waals surface area contributed by atoms with E-state index in [1.165, 1.54) is 6.07 Å². The number of phenolic OH excluding ortho intramolecular Hbond substituents is 1. The van der Waals surface area contributed by atoms with Crippen molar-refractivity contribution in [3.63, 3.8) is 0 Å². The van der Waals surface area contributed by atoms with Crippen LogP contribution in [0.15, 0.2) is 18.2 Å². The zero-order valence-corrected chi connectivity index (χ0v) is 10.7. The smallest absolute Gasteiger partial charge is 0.306 e. The van der Waals surface area contributed by atoms with E-state index in [0.29, 0.717) is 24.5 Å². The Balaban J connectivity index is 2.37. The van der Waals surface area contributed by atoms with Gasteiger partial charge in [0.15, 0.2) is 0 Å². The van der Waals surface area contributed by atoms with Crippen LogP contribution in [0.25, 0.3) is 0 Å². The number of unbranched alkanes of at least 4 members (excludes halogenated alkanes) is 1. The molecule has 1 aromatic carbocycles. The van der Waals surface area contributed by atoms with E-state index in [9.17, 15) is 9.90 Å². The number of carbonyl (C=O) groups is 1. The highest BCUT2D eigenvalue weighted by Gasteiger charge is 2.06. The molecule has 0 aromatic heterocycles. The average molecular weight is 257 g/mol. The molecule has 0 heterocycles. The molecule has 0 fully saturated rings. The fraction of sp³-hybridized carbons (Fsp3) is 0.462. The Labute approximate surface area is 106 Å². The second kappa shape index (κ2) is 7.17. The van der Waals surface area contributed by atoms with E-state index in [4.69, 9.17) is 16.3 Å². The summed E-state index contributed by atoms with van der Waals surface area (Å²) in [6.45, 7) is 2.53. The Bertz CT molecular complexity index is 377. The Hall–Kier alpha value is -1.22. The molecule has 0 radical (unpaired) electrons. The number of hydrogen-bond donors (Lipinski definition) is 1. The molecule has 0 atom stereocenters. The van der Waals surface area contributed by atoms with Crippen molar-refractivity contribution in [3.8, 4) is 5.75 Å². The molecule has 1 rings (SSSR count). The quantitative estimate of drug-likeness (QED) is 0.627. The first-order valence-corrected chi connectivity index (χ1v) is 6.14. The summed E-state index contributed by atoms with van der Waals surface area (Å²) in [6, 6.07) is 4.75. The zero-order valence-electron chi connectivity index (χ0n) is 9.91. The molecule has 0 saturated carbocycles. The first-order chi connectivity index (χ1) is 8.13. The minimum absolute atomic E-state index is 0.129.